The summed E-state index contributed by atoms with van der Waals surface area (Å²) in [6, 6.07) is 27.9. The number of esters is 2. The molecule has 4 bridgehead atoms. The molecule has 4 atom stereocenters. The van der Waals surface area contributed by atoms with Crippen LogP contribution in [0.5, 0.6) is 11.5 Å². The summed E-state index contributed by atoms with van der Waals surface area (Å²) in [6.45, 7) is 9.22. The fourth-order valence-corrected chi connectivity index (χ4v) is 13.0. The maximum absolute atomic E-state index is 14.6. The molecular weight excluding hydrogens is 1070 g/mol. The van der Waals surface area contributed by atoms with Gasteiger partial charge in [0.15, 0.2) is 0 Å². The van der Waals surface area contributed by atoms with Crippen LogP contribution < -0.4 is 29.9 Å². The molecule has 16 heteroatoms. The van der Waals surface area contributed by atoms with Gasteiger partial charge in [0.05, 0.1) is 25.6 Å². The van der Waals surface area contributed by atoms with Gasteiger partial charge in [-0.2, -0.15) is 0 Å². The van der Waals surface area contributed by atoms with Gasteiger partial charge in [0.25, 0.3) is 0 Å². The van der Waals surface area contributed by atoms with E-state index in [4.69, 9.17) is 18.9 Å². The van der Waals surface area contributed by atoms with Crippen LogP contribution in [0.25, 0.3) is 0 Å². The number of rotatable bonds is 20. The minimum Gasteiger partial charge on any atom is -0.495 e. The number of hydrogen-bond donors (Lipinski definition) is 2. The van der Waals surface area contributed by atoms with Crippen LogP contribution in [0.1, 0.15) is 112 Å². The molecule has 14 nitrogen and oxygen atoms in total. The average Bonchev–Trinajstić information content (AvgIpc) is 3.36. The Morgan fingerprint density at radius 1 is 0.554 bits per heavy atom. The Hall–Kier alpha value is -4.84. The number of nitrogens with one attached hydrogen (secondary N) is 2. The minimum absolute atomic E-state index is 0.221. The molecule has 2 amide bonds. The summed E-state index contributed by atoms with van der Waals surface area (Å²) >= 11 is 7.12. The van der Waals surface area contributed by atoms with Crippen LogP contribution in [0.2, 0.25) is 0 Å². The van der Waals surface area contributed by atoms with E-state index in [0.717, 1.165) is 124 Å². The summed E-state index contributed by atoms with van der Waals surface area (Å²) < 4.78 is 24.6. The molecule has 4 saturated heterocycles. The molecule has 398 valence electrons. The van der Waals surface area contributed by atoms with Gasteiger partial charge in [0.2, 0.25) is 0 Å². The standard InChI is InChI=1S/C58H74Br2N6O8/c1-39-21-23-53(71-3)51(29-39)65(49-33-45-17-11-18-46(34-49)63(45)27-7-5-25-61-37-41-13-9-15-43(59)31-41)57(69)73-55(67)56(68)74-58(70)66(52-30-40(2)22-24-54(52)72-4)50-35-47-19-12-20-48(36-50)64(47)28-8-6-26-62-38-42-14-10-16-44(60)32-42/h9-10,13-16,21-24,29-32,45-50,61-62H,5-8,11-12,17-20,25-28,33-38H2,1-4H3. The van der Waals surface area contributed by atoms with Crippen molar-refractivity contribution >= 4 is 67.4 Å². The van der Waals surface area contributed by atoms with Crippen molar-refractivity contribution in [2.75, 3.05) is 50.2 Å². The lowest BCUT2D eigenvalue weighted by molar-refractivity contribution is -0.159. The summed E-state index contributed by atoms with van der Waals surface area (Å²) in [4.78, 5) is 65.0. The maximum Gasteiger partial charge on any atom is 0.426 e. The van der Waals surface area contributed by atoms with Gasteiger partial charge in [-0.05, 0) is 188 Å². The van der Waals surface area contributed by atoms with Crippen LogP contribution >= 0.6 is 31.9 Å². The summed E-state index contributed by atoms with van der Waals surface area (Å²) in [5, 5.41) is 7.15. The van der Waals surface area contributed by atoms with E-state index in [-0.39, 0.29) is 36.3 Å². The highest BCUT2D eigenvalue weighted by Gasteiger charge is 2.45. The number of benzene rings is 4. The molecule has 4 unspecified atom stereocenters. The second-order valence-corrected chi connectivity index (χ2v) is 22.5. The van der Waals surface area contributed by atoms with Gasteiger partial charge in [-0.3, -0.25) is 19.6 Å². The Morgan fingerprint density at radius 2 is 0.946 bits per heavy atom. The smallest absolute Gasteiger partial charge is 0.426 e. The highest BCUT2D eigenvalue weighted by molar-refractivity contribution is 9.10. The molecule has 4 aromatic carbocycles. The number of piperidine rings is 4. The molecule has 0 aromatic heterocycles. The first-order valence-electron chi connectivity index (χ1n) is 26.7. The van der Waals surface area contributed by atoms with Crippen molar-refractivity contribution in [2.45, 2.75) is 153 Å². The van der Waals surface area contributed by atoms with E-state index in [1.807, 2.05) is 50.2 Å². The molecule has 0 radical (unpaired) electrons. The van der Waals surface area contributed by atoms with Crippen LogP contribution in [0.3, 0.4) is 0 Å². The predicted octanol–water partition coefficient (Wildman–Crippen LogP) is 11.4. The van der Waals surface area contributed by atoms with Gasteiger partial charge < -0.3 is 29.6 Å². The number of carbonyl (C=O) groups excluding carboxylic acids is 4. The van der Waals surface area contributed by atoms with E-state index < -0.39 is 24.1 Å². The SMILES string of the molecule is COc1ccc(C)cc1N(C(=O)OC(=O)C(=O)OC(=O)N(c1cc(C)ccc1OC)C1CC2CCCC(C1)N2CCCCNCc1cccc(Br)c1)C1CC2CCCC(C1)N2CCCCNCc1cccc(Br)c1. The molecule has 4 heterocycles. The molecule has 4 fully saturated rings. The van der Waals surface area contributed by atoms with Crippen molar-refractivity contribution in [1.29, 1.82) is 0 Å². The van der Waals surface area contributed by atoms with Crippen molar-refractivity contribution in [3.05, 3.63) is 116 Å². The molecule has 4 aliphatic rings. The quantitative estimate of drug-likeness (QED) is 0.0376. The Bertz CT molecular complexity index is 2370. The lowest BCUT2D eigenvalue weighted by atomic mass is 9.81. The summed E-state index contributed by atoms with van der Waals surface area (Å²) in [5.41, 5.74) is 5.14. The zero-order valence-electron chi connectivity index (χ0n) is 43.5. The molecular formula is C58H74Br2N6O8. The highest BCUT2D eigenvalue weighted by Crippen LogP contribution is 2.42. The van der Waals surface area contributed by atoms with E-state index in [9.17, 15) is 19.2 Å². The van der Waals surface area contributed by atoms with Crippen molar-refractivity contribution in [3.8, 4) is 11.5 Å². The third-order valence-corrected chi connectivity index (χ3v) is 16.5. The molecule has 0 saturated carbocycles. The molecule has 4 aromatic rings. The molecule has 0 spiro atoms. The van der Waals surface area contributed by atoms with E-state index in [1.54, 1.807) is 12.1 Å². The van der Waals surface area contributed by atoms with Gasteiger partial charge in [-0.1, -0.05) is 81.1 Å². The van der Waals surface area contributed by atoms with Gasteiger partial charge in [-0.15, -0.1) is 0 Å². The second kappa shape index (κ2) is 26.8. The fourth-order valence-electron chi connectivity index (χ4n) is 12.1. The maximum atomic E-state index is 14.6. The predicted molar refractivity (Wildman–Crippen MR) is 296 cm³/mol. The van der Waals surface area contributed by atoms with Crippen LogP contribution in [0.15, 0.2) is 93.9 Å². The molecule has 2 N–H and O–H groups in total. The number of ether oxygens (including phenoxy) is 4. The van der Waals surface area contributed by atoms with E-state index in [0.29, 0.717) is 48.6 Å². The first-order valence-corrected chi connectivity index (χ1v) is 28.3. The van der Waals surface area contributed by atoms with E-state index >= 15 is 0 Å². The number of anilines is 2. The topological polar surface area (TPSA) is 142 Å². The van der Waals surface area contributed by atoms with E-state index in [2.05, 4.69) is 88.7 Å². The lowest BCUT2D eigenvalue weighted by Crippen LogP contribution is -2.58. The zero-order chi connectivity index (χ0) is 52.1. The number of halogens is 2. The summed E-state index contributed by atoms with van der Waals surface area (Å²) in [7, 11) is 3.07. The number of nitrogens with zero attached hydrogens (tertiary/aromatic N) is 4. The lowest BCUT2D eigenvalue weighted by Gasteiger charge is -2.51. The normalized spacial score (nSPS) is 21.6. The number of fused-ring (bicyclic) bond motifs is 4. The third kappa shape index (κ3) is 14.3. The Kier molecular flexibility index (Phi) is 20.0. The summed E-state index contributed by atoms with van der Waals surface area (Å²) in [5.74, 6) is -2.27. The summed E-state index contributed by atoms with van der Waals surface area (Å²) in [6.07, 6.45) is 10.9. The molecule has 74 heavy (non-hydrogen) atoms. The molecule has 4 aliphatic heterocycles. The Balaban J connectivity index is 0.914. The minimum atomic E-state index is -1.57. The highest BCUT2D eigenvalue weighted by atomic mass is 79.9. The second-order valence-electron chi connectivity index (χ2n) is 20.6. The first kappa shape index (κ1) is 55.4. The van der Waals surface area contributed by atoms with Crippen molar-refractivity contribution in [2.24, 2.45) is 0 Å². The van der Waals surface area contributed by atoms with E-state index in [1.165, 1.54) is 35.1 Å². The van der Waals surface area contributed by atoms with Crippen LogP contribution in [-0.2, 0) is 32.2 Å². The number of amides is 2. The number of hydrogen-bond acceptors (Lipinski definition) is 12. The fraction of sp³-hybridized carbons (Fsp3) is 0.517. The van der Waals surface area contributed by atoms with Gasteiger partial charge in [0.1, 0.15) is 11.5 Å². The van der Waals surface area contributed by atoms with Crippen molar-refractivity contribution < 1.29 is 38.1 Å². The average molecular weight is 1140 g/mol. The van der Waals surface area contributed by atoms with Crippen molar-refractivity contribution in [3.63, 3.8) is 0 Å². The number of unbranched alkanes of at least 4 members (excludes halogenated alkanes) is 2. The zero-order valence-corrected chi connectivity index (χ0v) is 46.7. The molecule has 8 rings (SSSR count). The molecule has 0 aliphatic carbocycles. The number of aryl methyl sites for hydroxylation is 2. The first-order chi connectivity index (χ1) is 35.9. The van der Waals surface area contributed by atoms with Crippen molar-refractivity contribution in [1.82, 2.24) is 20.4 Å². The Labute approximate surface area is 454 Å². The monoisotopic (exact) mass is 1140 g/mol. The Morgan fingerprint density at radius 3 is 1.31 bits per heavy atom. The van der Waals surface area contributed by atoms with Crippen LogP contribution in [0.4, 0.5) is 21.0 Å². The third-order valence-electron chi connectivity index (χ3n) is 15.5. The van der Waals surface area contributed by atoms with Gasteiger partial charge in [0, 0.05) is 58.3 Å². The van der Waals surface area contributed by atoms with Gasteiger partial charge in [-0.25, -0.2) is 19.2 Å². The van der Waals surface area contributed by atoms with Gasteiger partial charge >= 0.3 is 24.1 Å². The number of carbonyl (C=O) groups is 4. The number of methoxy groups -OCH3 is 2. The van der Waals surface area contributed by atoms with Crippen LogP contribution in [0, 0.1) is 13.8 Å². The van der Waals surface area contributed by atoms with Crippen LogP contribution in [-0.4, -0.2) is 111 Å². The largest absolute Gasteiger partial charge is 0.495 e.